The van der Waals surface area contributed by atoms with Crippen molar-refractivity contribution in [2.45, 2.75) is 6.92 Å². The highest BCUT2D eigenvalue weighted by molar-refractivity contribution is 5.98. The van der Waals surface area contributed by atoms with E-state index in [0.717, 1.165) is 49.3 Å². The van der Waals surface area contributed by atoms with Crippen molar-refractivity contribution in [3.63, 3.8) is 0 Å². The van der Waals surface area contributed by atoms with Crippen LogP contribution in [-0.2, 0) is 0 Å². The Morgan fingerprint density at radius 1 is 1.16 bits per heavy atom. The summed E-state index contributed by atoms with van der Waals surface area (Å²) in [6.45, 7) is 7.71. The van der Waals surface area contributed by atoms with E-state index in [2.05, 4.69) is 27.8 Å². The Labute approximate surface area is 113 Å². The number of anilines is 2. The number of likely N-dealkylation sites (N-methyl/N-ethyl adjacent to an activating group) is 1. The minimum Gasteiger partial charge on any atom is -0.398 e. The second-order valence-corrected chi connectivity index (χ2v) is 4.99. The fourth-order valence-electron chi connectivity index (χ4n) is 2.74. The van der Waals surface area contributed by atoms with E-state index >= 15 is 0 Å². The largest absolute Gasteiger partial charge is 0.398 e. The van der Waals surface area contributed by atoms with E-state index in [-0.39, 0.29) is 0 Å². The number of nitrogens with two attached hydrogens (primary N) is 1. The molecule has 1 aromatic carbocycles. The van der Waals surface area contributed by atoms with Gasteiger partial charge in [0.25, 0.3) is 0 Å². The first-order valence-corrected chi connectivity index (χ1v) is 6.90. The molecule has 0 aliphatic carbocycles. The average molecular weight is 256 g/mol. The third-order valence-corrected chi connectivity index (χ3v) is 3.94. The van der Waals surface area contributed by atoms with Crippen molar-refractivity contribution >= 4 is 22.3 Å². The van der Waals surface area contributed by atoms with Gasteiger partial charge >= 0.3 is 0 Å². The molecule has 0 atom stereocenters. The Hall–Kier alpha value is -1.81. The van der Waals surface area contributed by atoms with Crippen LogP contribution in [0.2, 0.25) is 0 Å². The van der Waals surface area contributed by atoms with Gasteiger partial charge in [-0.05, 0) is 30.8 Å². The molecule has 19 heavy (non-hydrogen) atoms. The monoisotopic (exact) mass is 256 g/mol. The van der Waals surface area contributed by atoms with Gasteiger partial charge in [-0.2, -0.15) is 0 Å². The van der Waals surface area contributed by atoms with Crippen molar-refractivity contribution in [1.29, 1.82) is 0 Å². The zero-order valence-electron chi connectivity index (χ0n) is 11.3. The molecule has 2 heterocycles. The van der Waals surface area contributed by atoms with Gasteiger partial charge in [0.2, 0.25) is 0 Å². The number of hydrogen-bond acceptors (Lipinski definition) is 4. The van der Waals surface area contributed by atoms with Crippen LogP contribution in [0.25, 0.3) is 10.9 Å². The first kappa shape index (κ1) is 12.2. The Morgan fingerprint density at radius 2 is 1.95 bits per heavy atom. The number of nitrogen functional groups attached to an aromatic ring is 1. The van der Waals surface area contributed by atoms with Gasteiger partial charge in [-0.25, -0.2) is 0 Å². The molecule has 1 saturated heterocycles. The molecular weight excluding hydrogens is 236 g/mol. The number of fused-ring (bicyclic) bond motifs is 1. The maximum atomic E-state index is 6.03. The van der Waals surface area contributed by atoms with E-state index in [1.807, 2.05) is 24.4 Å². The predicted octanol–water partition coefficient (Wildman–Crippen LogP) is 1.96. The van der Waals surface area contributed by atoms with Crippen molar-refractivity contribution in [2.24, 2.45) is 0 Å². The maximum absolute atomic E-state index is 6.03. The van der Waals surface area contributed by atoms with Crippen molar-refractivity contribution in [3.8, 4) is 0 Å². The molecule has 4 heteroatoms. The zero-order chi connectivity index (χ0) is 13.2. The van der Waals surface area contributed by atoms with Crippen molar-refractivity contribution in [3.05, 3.63) is 30.5 Å². The number of aromatic nitrogens is 1. The lowest BCUT2D eigenvalue weighted by molar-refractivity contribution is 0.271. The van der Waals surface area contributed by atoms with E-state index in [4.69, 9.17) is 5.73 Å². The summed E-state index contributed by atoms with van der Waals surface area (Å²) in [6.07, 6.45) is 1.84. The summed E-state index contributed by atoms with van der Waals surface area (Å²) in [5, 5.41) is 1.05. The lowest BCUT2D eigenvalue weighted by atomic mass is 10.1. The second kappa shape index (κ2) is 5.05. The normalized spacial score (nSPS) is 17.0. The summed E-state index contributed by atoms with van der Waals surface area (Å²) in [4.78, 5) is 9.41. The van der Waals surface area contributed by atoms with E-state index < -0.39 is 0 Å². The number of benzene rings is 1. The fourth-order valence-corrected chi connectivity index (χ4v) is 2.74. The molecule has 0 radical (unpaired) electrons. The van der Waals surface area contributed by atoms with E-state index in [0.29, 0.717) is 0 Å². The molecule has 0 bridgehead atoms. The Balaban J connectivity index is 1.95. The highest BCUT2D eigenvalue weighted by atomic mass is 15.3. The van der Waals surface area contributed by atoms with Gasteiger partial charge in [-0.15, -0.1) is 0 Å². The summed E-state index contributed by atoms with van der Waals surface area (Å²) >= 11 is 0. The van der Waals surface area contributed by atoms with Crippen LogP contribution in [0.15, 0.2) is 30.5 Å². The molecule has 2 N–H and O–H groups in total. The van der Waals surface area contributed by atoms with Gasteiger partial charge in [-0.3, -0.25) is 4.98 Å². The lowest BCUT2D eigenvalue weighted by Gasteiger charge is -2.35. The van der Waals surface area contributed by atoms with Crippen LogP contribution in [0.3, 0.4) is 0 Å². The minimum atomic E-state index is 0.805. The molecule has 2 aromatic rings. The molecule has 3 rings (SSSR count). The SMILES string of the molecule is CCN1CCN(c2ccc(N)c3cccnc23)CC1. The molecule has 1 aromatic heterocycles. The van der Waals surface area contributed by atoms with Gasteiger partial charge in [0, 0.05) is 43.4 Å². The maximum Gasteiger partial charge on any atom is 0.0955 e. The number of piperazine rings is 1. The fraction of sp³-hybridized carbons (Fsp3) is 0.400. The molecule has 0 amide bonds. The van der Waals surface area contributed by atoms with E-state index in [1.165, 1.54) is 5.69 Å². The molecule has 0 unspecified atom stereocenters. The van der Waals surface area contributed by atoms with E-state index in [9.17, 15) is 0 Å². The van der Waals surface area contributed by atoms with Crippen LogP contribution >= 0.6 is 0 Å². The third kappa shape index (κ3) is 2.24. The van der Waals surface area contributed by atoms with Crippen LogP contribution in [0.1, 0.15) is 6.92 Å². The molecule has 0 saturated carbocycles. The summed E-state index contributed by atoms with van der Waals surface area (Å²) in [5.41, 5.74) is 9.07. The molecule has 100 valence electrons. The van der Waals surface area contributed by atoms with Crippen LogP contribution < -0.4 is 10.6 Å². The quantitative estimate of drug-likeness (QED) is 0.834. The summed E-state index contributed by atoms with van der Waals surface area (Å²) < 4.78 is 0. The number of nitrogens with zero attached hydrogens (tertiary/aromatic N) is 3. The van der Waals surface area contributed by atoms with Gasteiger partial charge in [-0.1, -0.05) is 6.92 Å². The standard InChI is InChI=1S/C15H20N4/c1-2-18-8-10-19(11-9-18)14-6-5-13(16)12-4-3-7-17-15(12)14/h3-7H,2,8-11,16H2,1H3. The smallest absolute Gasteiger partial charge is 0.0955 e. The molecule has 1 fully saturated rings. The number of hydrogen-bond donors (Lipinski definition) is 1. The highest BCUT2D eigenvalue weighted by Gasteiger charge is 2.18. The topological polar surface area (TPSA) is 45.4 Å². The summed E-state index contributed by atoms with van der Waals surface area (Å²) in [6, 6.07) is 8.08. The minimum absolute atomic E-state index is 0.805. The summed E-state index contributed by atoms with van der Waals surface area (Å²) in [7, 11) is 0. The Kier molecular flexibility index (Phi) is 3.25. The van der Waals surface area contributed by atoms with Crippen LogP contribution in [0, 0.1) is 0 Å². The number of rotatable bonds is 2. The average Bonchev–Trinajstić information content (AvgIpc) is 2.48. The van der Waals surface area contributed by atoms with Crippen LogP contribution in [0.5, 0.6) is 0 Å². The highest BCUT2D eigenvalue weighted by Crippen LogP contribution is 2.29. The predicted molar refractivity (Wildman–Crippen MR) is 80.5 cm³/mol. The van der Waals surface area contributed by atoms with Crippen molar-refractivity contribution in [1.82, 2.24) is 9.88 Å². The van der Waals surface area contributed by atoms with Crippen LogP contribution in [0.4, 0.5) is 11.4 Å². The first-order chi connectivity index (χ1) is 9.29. The van der Waals surface area contributed by atoms with E-state index in [1.54, 1.807) is 0 Å². The molecule has 1 aliphatic heterocycles. The van der Waals surface area contributed by atoms with Crippen molar-refractivity contribution < 1.29 is 0 Å². The molecule has 0 spiro atoms. The Morgan fingerprint density at radius 3 is 2.68 bits per heavy atom. The zero-order valence-corrected chi connectivity index (χ0v) is 11.3. The van der Waals surface area contributed by atoms with Gasteiger partial charge in [0.05, 0.1) is 11.2 Å². The number of pyridine rings is 1. The Bertz CT molecular complexity index is 573. The van der Waals surface area contributed by atoms with Gasteiger partial charge in [0.15, 0.2) is 0 Å². The van der Waals surface area contributed by atoms with Crippen LogP contribution in [-0.4, -0.2) is 42.6 Å². The lowest BCUT2D eigenvalue weighted by Crippen LogP contribution is -2.46. The van der Waals surface area contributed by atoms with Gasteiger partial charge < -0.3 is 15.5 Å². The summed E-state index contributed by atoms with van der Waals surface area (Å²) in [5.74, 6) is 0. The molecule has 1 aliphatic rings. The third-order valence-electron chi connectivity index (χ3n) is 3.94. The second-order valence-electron chi connectivity index (χ2n) is 4.99. The van der Waals surface area contributed by atoms with Gasteiger partial charge in [0.1, 0.15) is 0 Å². The molecular formula is C15H20N4. The first-order valence-electron chi connectivity index (χ1n) is 6.90. The van der Waals surface area contributed by atoms with Crippen molar-refractivity contribution in [2.75, 3.05) is 43.4 Å². The molecule has 4 nitrogen and oxygen atoms in total.